The van der Waals surface area contributed by atoms with Crippen LogP contribution in [-0.2, 0) is 22.6 Å². The van der Waals surface area contributed by atoms with Crippen molar-refractivity contribution < 1.29 is 9.59 Å². The Morgan fingerprint density at radius 2 is 2.29 bits per heavy atom. The minimum atomic E-state index is -0.374. The number of primary amides is 1. The van der Waals surface area contributed by atoms with Gasteiger partial charge in [-0.2, -0.15) is 0 Å². The zero-order valence-corrected chi connectivity index (χ0v) is 9.69. The first-order chi connectivity index (χ1) is 8.08. The third kappa shape index (κ3) is 2.45. The molecule has 0 saturated carbocycles. The van der Waals surface area contributed by atoms with Crippen LogP contribution in [0.2, 0.25) is 0 Å². The van der Waals surface area contributed by atoms with E-state index >= 15 is 0 Å². The van der Waals surface area contributed by atoms with Crippen LogP contribution in [0, 0.1) is 0 Å². The normalized spacial score (nSPS) is 13.9. The lowest BCUT2D eigenvalue weighted by Crippen LogP contribution is -2.28. The van der Waals surface area contributed by atoms with Crippen molar-refractivity contribution in [2.24, 2.45) is 5.73 Å². The van der Waals surface area contributed by atoms with Gasteiger partial charge in [0.1, 0.15) is 0 Å². The molecule has 0 aliphatic carbocycles. The Hall–Kier alpha value is -1.88. The zero-order valence-electron chi connectivity index (χ0n) is 9.69. The van der Waals surface area contributed by atoms with Crippen LogP contribution in [0.4, 0.5) is 5.69 Å². The number of carbonyl (C=O) groups excluding carboxylic acids is 2. The van der Waals surface area contributed by atoms with Crippen molar-refractivity contribution in [1.82, 2.24) is 5.32 Å². The second-order valence-corrected chi connectivity index (χ2v) is 4.16. The summed E-state index contributed by atoms with van der Waals surface area (Å²) < 4.78 is 0. The molecule has 0 radical (unpaired) electrons. The van der Waals surface area contributed by atoms with Crippen LogP contribution >= 0.6 is 0 Å². The lowest BCUT2D eigenvalue weighted by molar-refractivity contribution is -0.118. The van der Waals surface area contributed by atoms with Crippen molar-refractivity contribution in [2.45, 2.75) is 13.0 Å². The minimum Gasteiger partial charge on any atom is -0.369 e. The topological polar surface area (TPSA) is 75.4 Å². The van der Waals surface area contributed by atoms with E-state index in [0.717, 1.165) is 16.8 Å². The summed E-state index contributed by atoms with van der Waals surface area (Å²) in [5.74, 6) is -0.261. The van der Waals surface area contributed by atoms with Crippen molar-refractivity contribution in [3.63, 3.8) is 0 Å². The van der Waals surface area contributed by atoms with Crippen molar-refractivity contribution in [3.8, 4) is 0 Å². The molecular formula is C12H15N3O2. The number of amides is 2. The fraction of sp³-hybridized carbons (Fsp3) is 0.333. The van der Waals surface area contributed by atoms with Gasteiger partial charge < -0.3 is 16.0 Å². The van der Waals surface area contributed by atoms with Gasteiger partial charge in [0.25, 0.3) is 0 Å². The summed E-state index contributed by atoms with van der Waals surface area (Å²) >= 11 is 0. The molecule has 0 aromatic heterocycles. The lowest BCUT2D eigenvalue weighted by atomic mass is 10.1. The lowest BCUT2D eigenvalue weighted by Gasteiger charge is -2.10. The van der Waals surface area contributed by atoms with E-state index < -0.39 is 0 Å². The molecule has 5 heteroatoms. The summed E-state index contributed by atoms with van der Waals surface area (Å²) in [6.07, 6.45) is 0.454. The number of carbonyl (C=O) groups is 2. The summed E-state index contributed by atoms with van der Waals surface area (Å²) in [5, 5.41) is 2.94. The molecule has 0 bridgehead atoms. The quantitative estimate of drug-likeness (QED) is 0.755. The Morgan fingerprint density at radius 1 is 1.53 bits per heavy atom. The molecule has 0 fully saturated rings. The number of hydrogen-bond donors (Lipinski definition) is 2. The molecule has 90 valence electrons. The molecule has 1 aromatic rings. The van der Waals surface area contributed by atoms with E-state index in [1.807, 2.05) is 18.2 Å². The molecule has 0 atom stereocenters. The van der Waals surface area contributed by atoms with E-state index in [1.54, 1.807) is 11.9 Å². The maximum atomic E-state index is 11.5. The predicted octanol–water partition coefficient (Wildman–Crippen LogP) is -0.220. The highest BCUT2D eigenvalue weighted by molar-refractivity contribution is 6.00. The Morgan fingerprint density at radius 3 is 3.00 bits per heavy atom. The van der Waals surface area contributed by atoms with Gasteiger partial charge in [-0.3, -0.25) is 9.59 Å². The molecule has 0 unspecified atom stereocenters. The van der Waals surface area contributed by atoms with Crippen molar-refractivity contribution >= 4 is 17.5 Å². The van der Waals surface area contributed by atoms with Gasteiger partial charge in [0.15, 0.2) is 0 Å². The van der Waals surface area contributed by atoms with Crippen LogP contribution in [0.25, 0.3) is 0 Å². The molecule has 17 heavy (non-hydrogen) atoms. The van der Waals surface area contributed by atoms with Crippen LogP contribution < -0.4 is 16.0 Å². The van der Waals surface area contributed by atoms with E-state index in [2.05, 4.69) is 5.32 Å². The largest absolute Gasteiger partial charge is 0.369 e. The Bertz CT molecular complexity index is 471. The smallest absolute Gasteiger partial charge is 0.231 e. The molecule has 2 rings (SSSR count). The van der Waals surface area contributed by atoms with Crippen LogP contribution in [0.15, 0.2) is 18.2 Å². The van der Waals surface area contributed by atoms with E-state index in [0.29, 0.717) is 13.0 Å². The van der Waals surface area contributed by atoms with Gasteiger partial charge in [-0.1, -0.05) is 12.1 Å². The molecule has 2 amide bonds. The maximum absolute atomic E-state index is 11.5. The Labute approximate surface area is 99.6 Å². The second-order valence-electron chi connectivity index (χ2n) is 4.16. The first-order valence-electron chi connectivity index (χ1n) is 5.45. The standard InChI is InChI=1S/C12H15N3O2/c1-15-10-3-2-8(6-14-7-11(13)16)4-9(10)5-12(15)17/h2-4,14H,5-7H2,1H3,(H2,13,16). The monoisotopic (exact) mass is 233 g/mol. The molecule has 1 aromatic carbocycles. The average Bonchev–Trinajstić information content (AvgIpc) is 2.54. The van der Waals surface area contributed by atoms with Gasteiger partial charge >= 0.3 is 0 Å². The van der Waals surface area contributed by atoms with E-state index in [9.17, 15) is 9.59 Å². The summed E-state index contributed by atoms with van der Waals surface area (Å²) in [5.41, 5.74) is 8.08. The zero-order chi connectivity index (χ0) is 12.4. The number of hydrogen-bond acceptors (Lipinski definition) is 3. The number of rotatable bonds is 4. The number of nitrogens with one attached hydrogen (secondary N) is 1. The van der Waals surface area contributed by atoms with Crippen LogP contribution in [0.5, 0.6) is 0 Å². The van der Waals surface area contributed by atoms with E-state index in [-0.39, 0.29) is 18.4 Å². The van der Waals surface area contributed by atoms with Gasteiger partial charge in [0.2, 0.25) is 11.8 Å². The number of fused-ring (bicyclic) bond motifs is 1. The average molecular weight is 233 g/mol. The van der Waals surface area contributed by atoms with Crippen LogP contribution in [0.3, 0.4) is 0 Å². The predicted molar refractivity (Wildman–Crippen MR) is 64.5 cm³/mol. The van der Waals surface area contributed by atoms with Gasteiger partial charge in [0.05, 0.1) is 13.0 Å². The molecule has 5 nitrogen and oxygen atoms in total. The van der Waals surface area contributed by atoms with Crippen molar-refractivity contribution in [3.05, 3.63) is 29.3 Å². The van der Waals surface area contributed by atoms with E-state index in [1.165, 1.54) is 0 Å². The van der Waals surface area contributed by atoms with Crippen LogP contribution in [-0.4, -0.2) is 25.4 Å². The van der Waals surface area contributed by atoms with Gasteiger partial charge in [-0.15, -0.1) is 0 Å². The highest BCUT2D eigenvalue weighted by atomic mass is 16.2. The number of nitrogens with zero attached hydrogens (tertiary/aromatic N) is 1. The number of anilines is 1. The van der Waals surface area contributed by atoms with Gasteiger partial charge in [-0.25, -0.2) is 0 Å². The fourth-order valence-corrected chi connectivity index (χ4v) is 1.96. The van der Waals surface area contributed by atoms with Crippen molar-refractivity contribution in [2.75, 3.05) is 18.5 Å². The number of likely N-dealkylation sites (N-methyl/N-ethyl adjacent to an activating group) is 1. The number of benzene rings is 1. The first-order valence-corrected chi connectivity index (χ1v) is 5.45. The van der Waals surface area contributed by atoms with Gasteiger partial charge in [0, 0.05) is 19.3 Å². The maximum Gasteiger partial charge on any atom is 0.231 e. The van der Waals surface area contributed by atoms with Crippen molar-refractivity contribution in [1.29, 1.82) is 0 Å². The molecule has 1 aliphatic heterocycles. The summed E-state index contributed by atoms with van der Waals surface area (Å²) in [6.45, 7) is 0.740. The second kappa shape index (κ2) is 4.55. The van der Waals surface area contributed by atoms with Gasteiger partial charge in [-0.05, 0) is 17.2 Å². The number of nitrogens with two attached hydrogens (primary N) is 1. The summed E-state index contributed by atoms with van der Waals surface area (Å²) in [7, 11) is 1.78. The summed E-state index contributed by atoms with van der Waals surface area (Å²) in [4.78, 5) is 23.7. The van der Waals surface area contributed by atoms with Crippen LogP contribution in [0.1, 0.15) is 11.1 Å². The molecule has 0 saturated heterocycles. The fourth-order valence-electron chi connectivity index (χ4n) is 1.96. The molecule has 1 heterocycles. The summed E-state index contributed by atoms with van der Waals surface area (Å²) in [6, 6.07) is 5.87. The highest BCUT2D eigenvalue weighted by Crippen LogP contribution is 2.28. The minimum absolute atomic E-state index is 0.113. The highest BCUT2D eigenvalue weighted by Gasteiger charge is 2.23. The first kappa shape index (κ1) is 11.6. The molecule has 0 spiro atoms. The Kier molecular flexibility index (Phi) is 3.10. The molecule has 1 aliphatic rings. The van der Waals surface area contributed by atoms with E-state index in [4.69, 9.17) is 5.73 Å². The SMILES string of the molecule is CN1C(=O)Cc2cc(CNCC(N)=O)ccc21. The third-order valence-electron chi connectivity index (χ3n) is 2.85. The Balaban J connectivity index is 2.05. The molecule has 3 N–H and O–H groups in total. The molecular weight excluding hydrogens is 218 g/mol. The third-order valence-corrected chi connectivity index (χ3v) is 2.85.